The van der Waals surface area contributed by atoms with Crippen LogP contribution in [0.2, 0.25) is 0 Å². The average molecular weight is 602 g/mol. The van der Waals surface area contributed by atoms with E-state index in [0.717, 1.165) is 76.4 Å². The summed E-state index contributed by atoms with van der Waals surface area (Å²) in [5, 5.41) is 21.1. The Kier molecular flexibility index (Phi) is 8.67. The molecular weight excluding hydrogens is 555 g/mol. The highest BCUT2D eigenvalue weighted by molar-refractivity contribution is 7.80. The van der Waals surface area contributed by atoms with Crippen LogP contribution in [0.4, 0.5) is 13.2 Å². The molecule has 0 radical (unpaired) electrons. The molecule has 2 aromatic rings. The number of aryl methyl sites for hydroxylation is 1. The number of aliphatic hydroxyl groups is 1. The zero-order chi connectivity index (χ0) is 29.6. The zero-order valence-corrected chi connectivity index (χ0v) is 25.6. The molecule has 1 aliphatic heterocycles. The maximum Gasteiger partial charge on any atom is 0.416 e. The summed E-state index contributed by atoms with van der Waals surface area (Å²) < 4.78 is 39.0. The highest BCUT2D eigenvalue weighted by atomic mass is 32.1. The van der Waals surface area contributed by atoms with Crippen LogP contribution >= 0.6 is 12.6 Å². The molecule has 0 spiro atoms. The van der Waals surface area contributed by atoms with Gasteiger partial charge >= 0.3 is 6.18 Å². The minimum atomic E-state index is -4.32. The lowest BCUT2D eigenvalue weighted by molar-refractivity contribution is -0.137. The van der Waals surface area contributed by atoms with Crippen molar-refractivity contribution in [2.75, 3.05) is 13.1 Å². The van der Waals surface area contributed by atoms with Crippen LogP contribution < -0.4 is 0 Å². The van der Waals surface area contributed by atoms with Gasteiger partial charge in [0.15, 0.2) is 0 Å². The number of alkyl halides is 3. The van der Waals surface area contributed by atoms with E-state index in [9.17, 15) is 23.4 Å². The number of unbranched alkanes of at least 4 members (excludes halogenated alkanes) is 2. The number of rotatable bonds is 8. The number of hydrogen-bond acceptors (Lipinski definition) is 4. The molecule has 1 heterocycles. The SMILES string of the molecule is C[C@]12C[C@H](CCCCCN3CCC[C@H]3C(S)c3ccc(C(F)(F)F)cc3)[C@@H]3c4ccc(O)cc4CC[C@H]3[C@@H]1CC[C@@H]2O. The summed E-state index contributed by atoms with van der Waals surface area (Å²) >= 11 is 4.87. The fourth-order valence-corrected chi connectivity index (χ4v) is 10.1. The first kappa shape index (κ1) is 30.3. The molecule has 3 aliphatic carbocycles. The Morgan fingerprint density at radius 2 is 1.81 bits per heavy atom. The summed E-state index contributed by atoms with van der Waals surface area (Å²) in [5.41, 5.74) is 3.03. The molecule has 3 fully saturated rings. The topological polar surface area (TPSA) is 43.7 Å². The van der Waals surface area contributed by atoms with Crippen molar-refractivity contribution in [2.24, 2.45) is 23.2 Å². The van der Waals surface area contributed by atoms with Crippen LogP contribution in [0.15, 0.2) is 42.5 Å². The number of fused-ring (bicyclic) bond motifs is 5. The molecule has 8 atom stereocenters. The van der Waals surface area contributed by atoms with E-state index in [1.807, 2.05) is 12.1 Å². The molecule has 230 valence electrons. The number of benzene rings is 2. The molecule has 1 unspecified atom stereocenters. The van der Waals surface area contributed by atoms with Crippen LogP contribution in [0.25, 0.3) is 0 Å². The number of aromatic hydroxyl groups is 1. The zero-order valence-electron chi connectivity index (χ0n) is 24.7. The largest absolute Gasteiger partial charge is 0.508 e. The molecule has 0 amide bonds. The second kappa shape index (κ2) is 12.0. The first-order valence-electron chi connectivity index (χ1n) is 16.2. The monoisotopic (exact) mass is 601 g/mol. The van der Waals surface area contributed by atoms with Crippen molar-refractivity contribution in [3.8, 4) is 5.75 Å². The molecule has 6 rings (SSSR count). The Labute approximate surface area is 254 Å². The Hall–Kier alpha value is -1.70. The van der Waals surface area contributed by atoms with Crippen molar-refractivity contribution in [3.05, 3.63) is 64.7 Å². The molecular formula is C35H46F3NO2S. The van der Waals surface area contributed by atoms with E-state index < -0.39 is 11.7 Å². The van der Waals surface area contributed by atoms with Gasteiger partial charge in [-0.1, -0.05) is 38.0 Å². The van der Waals surface area contributed by atoms with Crippen LogP contribution in [0.5, 0.6) is 5.75 Å². The average Bonchev–Trinajstić information content (AvgIpc) is 3.55. The van der Waals surface area contributed by atoms with Crippen LogP contribution in [0, 0.1) is 23.2 Å². The molecule has 3 nitrogen and oxygen atoms in total. The number of nitrogens with zero attached hydrogens (tertiary/aromatic N) is 1. The van der Waals surface area contributed by atoms with Crippen molar-refractivity contribution in [3.63, 3.8) is 0 Å². The minimum absolute atomic E-state index is 0.0168. The molecule has 42 heavy (non-hydrogen) atoms. The van der Waals surface area contributed by atoms with Crippen molar-refractivity contribution in [2.45, 2.75) is 107 Å². The van der Waals surface area contributed by atoms with E-state index >= 15 is 0 Å². The third kappa shape index (κ3) is 5.75. The van der Waals surface area contributed by atoms with E-state index in [-0.39, 0.29) is 22.8 Å². The van der Waals surface area contributed by atoms with Gasteiger partial charge in [0.2, 0.25) is 0 Å². The normalized spacial score (nSPS) is 33.7. The van der Waals surface area contributed by atoms with Gasteiger partial charge in [0.1, 0.15) is 5.75 Å². The van der Waals surface area contributed by atoms with Gasteiger partial charge in [-0.2, -0.15) is 25.8 Å². The van der Waals surface area contributed by atoms with Gasteiger partial charge in [0, 0.05) is 11.3 Å². The summed E-state index contributed by atoms with van der Waals surface area (Å²) in [4.78, 5) is 2.50. The van der Waals surface area contributed by atoms with Gasteiger partial charge in [-0.15, -0.1) is 0 Å². The fourth-order valence-electron chi connectivity index (χ4n) is 9.61. The number of phenolic OH excluding ortho intramolecular Hbond substituents is 1. The second-order valence-corrected chi connectivity index (χ2v) is 14.5. The summed E-state index contributed by atoms with van der Waals surface area (Å²) in [6, 6.07) is 11.8. The molecule has 1 saturated heterocycles. The Morgan fingerprint density at radius 1 is 1.02 bits per heavy atom. The number of thiol groups is 1. The molecule has 4 aliphatic rings. The highest BCUT2D eigenvalue weighted by Gasteiger charge is 2.57. The van der Waals surface area contributed by atoms with E-state index in [1.54, 1.807) is 12.1 Å². The molecule has 2 aromatic carbocycles. The summed E-state index contributed by atoms with van der Waals surface area (Å²) in [6.07, 6.45) is 7.54. The molecule has 2 saturated carbocycles. The first-order valence-corrected chi connectivity index (χ1v) is 16.7. The quantitative estimate of drug-likeness (QED) is 0.210. The predicted molar refractivity (Wildman–Crippen MR) is 164 cm³/mol. The lowest BCUT2D eigenvalue weighted by Crippen LogP contribution is -2.47. The molecule has 0 bridgehead atoms. The van der Waals surface area contributed by atoms with Gasteiger partial charge in [-0.25, -0.2) is 0 Å². The summed E-state index contributed by atoms with van der Waals surface area (Å²) in [6.45, 7) is 4.37. The third-order valence-corrected chi connectivity index (χ3v) is 12.3. The summed E-state index contributed by atoms with van der Waals surface area (Å²) in [7, 11) is 0. The fraction of sp³-hybridized carbons (Fsp3) is 0.657. The number of aliphatic hydroxyl groups excluding tert-OH is 1. The van der Waals surface area contributed by atoms with Gasteiger partial charge in [0.25, 0.3) is 0 Å². The summed E-state index contributed by atoms with van der Waals surface area (Å²) in [5.74, 6) is 2.64. The van der Waals surface area contributed by atoms with Crippen LogP contribution in [-0.4, -0.2) is 40.3 Å². The standard InChI is InChI=1S/C35H46F3NO2S/c1-34-21-24(32-27-15-13-26(40)20-23(27)10-14-28(32)29(34)16-17-31(34)41)6-3-2-4-18-39-19-5-7-30(39)33(42)22-8-11-25(12-9-22)35(36,37)38/h8-9,11-13,15,20,24,28-33,40-42H,2-7,10,14,16-19,21H2,1H3/t24-,28-,29-,30-,31-,32+,33?,34-/m0/s1. The van der Waals surface area contributed by atoms with Crippen LogP contribution in [0.1, 0.15) is 105 Å². The number of likely N-dealkylation sites (tertiary alicyclic amines) is 1. The maximum atomic E-state index is 13.0. The van der Waals surface area contributed by atoms with Gasteiger partial charge in [0.05, 0.1) is 11.7 Å². The third-order valence-electron chi connectivity index (χ3n) is 11.7. The highest BCUT2D eigenvalue weighted by Crippen LogP contribution is 2.63. The Bertz CT molecular complexity index is 1240. The predicted octanol–water partition coefficient (Wildman–Crippen LogP) is 8.55. The Balaban J connectivity index is 1.06. The Morgan fingerprint density at radius 3 is 2.57 bits per heavy atom. The van der Waals surface area contributed by atoms with Gasteiger partial charge in [-0.05, 0) is 141 Å². The second-order valence-electron chi connectivity index (χ2n) is 13.9. The molecule has 0 aromatic heterocycles. The van der Waals surface area contributed by atoms with Crippen molar-refractivity contribution >= 4 is 12.6 Å². The smallest absolute Gasteiger partial charge is 0.416 e. The van der Waals surface area contributed by atoms with Gasteiger partial charge < -0.3 is 10.2 Å². The minimum Gasteiger partial charge on any atom is -0.508 e. The van der Waals surface area contributed by atoms with E-state index in [1.165, 1.54) is 36.1 Å². The van der Waals surface area contributed by atoms with E-state index in [0.29, 0.717) is 29.4 Å². The number of phenols is 1. The number of hydrogen-bond donors (Lipinski definition) is 3. The lowest BCUT2D eigenvalue weighted by Gasteiger charge is -2.54. The molecule has 7 heteroatoms. The number of halogens is 3. The van der Waals surface area contributed by atoms with Crippen LogP contribution in [0.3, 0.4) is 0 Å². The van der Waals surface area contributed by atoms with Crippen molar-refractivity contribution in [1.82, 2.24) is 4.90 Å². The van der Waals surface area contributed by atoms with Crippen molar-refractivity contribution < 1.29 is 23.4 Å². The van der Waals surface area contributed by atoms with Gasteiger partial charge in [-0.3, -0.25) is 4.90 Å². The maximum absolute atomic E-state index is 13.0. The first-order chi connectivity index (χ1) is 20.1. The van der Waals surface area contributed by atoms with E-state index in [2.05, 4.69) is 17.9 Å². The van der Waals surface area contributed by atoms with Crippen molar-refractivity contribution in [1.29, 1.82) is 0 Å². The van der Waals surface area contributed by atoms with E-state index in [4.69, 9.17) is 12.6 Å². The van der Waals surface area contributed by atoms with Crippen LogP contribution in [-0.2, 0) is 12.6 Å². The molecule has 2 N–H and O–H groups in total. The lowest BCUT2D eigenvalue weighted by atomic mass is 9.51.